The van der Waals surface area contributed by atoms with Gasteiger partial charge in [-0.25, -0.2) is 13.2 Å². The summed E-state index contributed by atoms with van der Waals surface area (Å²) in [4.78, 5) is 5.07. The Morgan fingerprint density at radius 2 is 1.68 bits per heavy atom. The molecule has 1 aromatic carbocycles. The third-order valence-corrected chi connectivity index (χ3v) is 4.13. The maximum absolute atomic E-state index is 13.4. The average molecular weight is 362 g/mol. The van der Waals surface area contributed by atoms with E-state index in [4.69, 9.17) is 16.4 Å². The van der Waals surface area contributed by atoms with E-state index in [0.29, 0.717) is 11.5 Å². The third-order valence-electron chi connectivity index (χ3n) is 2.77. The molecule has 1 atom stereocenters. The van der Waals surface area contributed by atoms with Gasteiger partial charge < -0.3 is 9.57 Å². The molecule has 10 heteroatoms. The summed E-state index contributed by atoms with van der Waals surface area (Å²) in [6.07, 6.45) is 0.349. The highest BCUT2D eigenvalue weighted by Crippen LogP contribution is 2.32. The lowest BCUT2D eigenvalue weighted by atomic mass is 10.1. The van der Waals surface area contributed by atoms with Crippen molar-refractivity contribution in [3.63, 3.8) is 0 Å². The second kappa shape index (κ2) is 6.49. The summed E-state index contributed by atoms with van der Waals surface area (Å²) in [5, 5.41) is 4.14. The first-order valence-corrected chi connectivity index (χ1v) is 7.39. The van der Waals surface area contributed by atoms with Crippen LogP contribution in [0.4, 0.5) is 22.0 Å². The lowest BCUT2D eigenvalue weighted by Crippen LogP contribution is -2.26. The molecule has 1 heterocycles. The molecule has 22 heavy (non-hydrogen) atoms. The molecule has 2 rings (SSSR count). The van der Waals surface area contributed by atoms with E-state index in [-0.39, 0.29) is 5.88 Å². The molecular weight excluding hydrogens is 353 g/mol. The molecule has 0 aliphatic carbocycles. The fourth-order valence-corrected chi connectivity index (χ4v) is 2.52. The fraction of sp³-hybridized carbons (Fsp3) is 0.417. The summed E-state index contributed by atoms with van der Waals surface area (Å²) >= 11 is 6.58. The van der Waals surface area contributed by atoms with Crippen LogP contribution < -0.4 is 4.74 Å². The fourth-order valence-electron chi connectivity index (χ4n) is 1.56. The first kappa shape index (κ1) is 17.1. The molecule has 1 aliphatic rings. The van der Waals surface area contributed by atoms with Crippen LogP contribution in [0.2, 0.25) is 0 Å². The van der Waals surface area contributed by atoms with Crippen LogP contribution in [0.3, 0.4) is 0 Å². The van der Waals surface area contributed by atoms with Crippen molar-refractivity contribution < 1.29 is 31.5 Å². The summed E-state index contributed by atoms with van der Waals surface area (Å²) in [6.45, 7) is 1.71. The van der Waals surface area contributed by atoms with Gasteiger partial charge in [-0.05, 0) is 6.92 Å². The van der Waals surface area contributed by atoms with Crippen LogP contribution in [0.5, 0.6) is 5.75 Å². The number of oxime groups is 1. The van der Waals surface area contributed by atoms with Crippen LogP contribution in [0.15, 0.2) is 5.16 Å². The van der Waals surface area contributed by atoms with Crippen molar-refractivity contribution in [2.45, 2.75) is 18.9 Å². The zero-order valence-corrected chi connectivity index (χ0v) is 12.6. The van der Waals surface area contributed by atoms with Gasteiger partial charge in [-0.2, -0.15) is 8.78 Å². The molecule has 0 radical (unpaired) electrons. The molecule has 0 bridgehead atoms. The van der Waals surface area contributed by atoms with Gasteiger partial charge in [0, 0.05) is 6.42 Å². The molecule has 1 unspecified atom stereocenters. The number of hydrogen-bond donors (Lipinski definition) is 0. The zero-order chi connectivity index (χ0) is 16.5. The molecule has 122 valence electrons. The number of rotatable bonds is 4. The van der Waals surface area contributed by atoms with Gasteiger partial charge in [0.05, 0.1) is 5.88 Å². The lowest BCUT2D eigenvalue weighted by Gasteiger charge is -2.16. The molecule has 1 aliphatic heterocycles. The average Bonchev–Trinajstić information content (AvgIpc) is 2.89. The number of hydrogen-bond acceptors (Lipinski definition) is 4. The molecule has 0 aromatic heterocycles. The lowest BCUT2D eigenvalue weighted by molar-refractivity contribution is 0.0152. The van der Waals surface area contributed by atoms with Crippen molar-refractivity contribution in [3.05, 3.63) is 29.1 Å². The first-order valence-electron chi connectivity index (χ1n) is 5.87. The van der Waals surface area contributed by atoms with Crippen LogP contribution in [0.1, 0.15) is 13.3 Å². The van der Waals surface area contributed by atoms with Gasteiger partial charge in [-0.1, -0.05) is 16.9 Å². The van der Waals surface area contributed by atoms with Gasteiger partial charge in [0.2, 0.25) is 29.1 Å². The van der Waals surface area contributed by atoms with E-state index in [0.717, 1.165) is 11.8 Å². The summed E-state index contributed by atoms with van der Waals surface area (Å²) < 4.78 is 70.1. The highest BCUT2D eigenvalue weighted by atomic mass is 35.5. The van der Waals surface area contributed by atoms with Crippen LogP contribution in [0, 0.1) is 29.1 Å². The number of nitrogens with zero attached hydrogens (tertiary/aromatic N) is 1. The smallest absolute Gasteiger partial charge is 0.207 e. The van der Waals surface area contributed by atoms with Crippen LogP contribution in [-0.2, 0) is 4.84 Å². The zero-order valence-electron chi connectivity index (χ0n) is 11.1. The number of alkyl halides is 1. The van der Waals surface area contributed by atoms with E-state index < -0.39 is 46.4 Å². The third kappa shape index (κ3) is 3.24. The summed E-state index contributed by atoms with van der Waals surface area (Å²) in [7, 11) is 0. The minimum absolute atomic E-state index is 0.180. The van der Waals surface area contributed by atoms with Crippen LogP contribution in [0.25, 0.3) is 0 Å². The van der Waals surface area contributed by atoms with E-state index in [1.807, 2.05) is 0 Å². The number of thioether (sulfide) groups is 1. The van der Waals surface area contributed by atoms with Crippen molar-refractivity contribution >= 4 is 28.4 Å². The summed E-state index contributed by atoms with van der Waals surface area (Å²) in [5.41, 5.74) is -0.686. The second-order valence-electron chi connectivity index (χ2n) is 4.64. The monoisotopic (exact) mass is 361 g/mol. The number of ether oxygens (including phenoxy) is 1. The molecule has 1 aromatic rings. The van der Waals surface area contributed by atoms with E-state index >= 15 is 0 Å². The molecular formula is C12H9ClF5NO2S. The number of halogens is 6. The minimum atomic E-state index is -2.23. The largest absolute Gasteiger partial charge is 0.476 e. The van der Waals surface area contributed by atoms with Crippen LogP contribution >= 0.6 is 23.4 Å². The molecule has 3 nitrogen and oxygen atoms in total. The van der Waals surface area contributed by atoms with Crippen molar-refractivity contribution in [2.75, 3.05) is 11.8 Å². The van der Waals surface area contributed by atoms with Gasteiger partial charge >= 0.3 is 0 Å². The predicted molar refractivity (Wildman–Crippen MR) is 71.6 cm³/mol. The Morgan fingerprint density at radius 1 is 1.14 bits per heavy atom. The highest BCUT2D eigenvalue weighted by Gasteiger charge is 2.34. The summed E-state index contributed by atoms with van der Waals surface area (Å²) in [5.74, 6) is -12.0. The van der Waals surface area contributed by atoms with E-state index in [2.05, 4.69) is 9.89 Å². The SMILES string of the molecule is CC1(CCl)CC(SCOc2c(F)c(F)c(F)c(F)c2F)=NO1. The highest BCUT2D eigenvalue weighted by molar-refractivity contribution is 8.13. The van der Waals surface area contributed by atoms with Gasteiger partial charge in [0.15, 0.2) is 11.4 Å². The Bertz CT molecular complexity index is 601. The molecule has 0 spiro atoms. The molecule has 0 N–H and O–H groups in total. The minimum Gasteiger partial charge on any atom is -0.476 e. The van der Waals surface area contributed by atoms with E-state index in [9.17, 15) is 22.0 Å². The number of benzene rings is 1. The predicted octanol–water partition coefficient (Wildman–Crippen LogP) is 4.18. The second-order valence-corrected chi connectivity index (χ2v) is 5.91. The Balaban J connectivity index is 2.02. The Labute approximate surface area is 131 Å². The molecule has 0 saturated heterocycles. The quantitative estimate of drug-likeness (QED) is 0.265. The standard InChI is InChI=1S/C12H9ClF5NO2S/c1-12(3-13)2-5(19-21-12)22-4-20-11-9(17)7(15)6(14)8(16)10(11)18/h2-4H2,1H3. The maximum atomic E-state index is 13.4. The first-order chi connectivity index (χ1) is 10.3. The topological polar surface area (TPSA) is 30.8 Å². The maximum Gasteiger partial charge on any atom is 0.207 e. The molecule has 0 saturated carbocycles. The van der Waals surface area contributed by atoms with Crippen molar-refractivity contribution in [3.8, 4) is 5.75 Å². The van der Waals surface area contributed by atoms with Crippen molar-refractivity contribution in [1.29, 1.82) is 0 Å². The van der Waals surface area contributed by atoms with Gasteiger partial charge in [0.25, 0.3) is 0 Å². The Kier molecular flexibility index (Phi) is 5.06. The normalized spacial score (nSPS) is 20.8. The Hall–Kier alpha value is -1.22. The van der Waals surface area contributed by atoms with E-state index in [1.165, 1.54) is 0 Å². The van der Waals surface area contributed by atoms with E-state index in [1.54, 1.807) is 6.92 Å². The molecule has 0 fully saturated rings. The van der Waals surface area contributed by atoms with Crippen molar-refractivity contribution in [2.24, 2.45) is 5.16 Å². The Morgan fingerprint density at radius 3 is 2.18 bits per heavy atom. The van der Waals surface area contributed by atoms with Gasteiger partial charge in [-0.15, -0.1) is 11.6 Å². The summed E-state index contributed by atoms with van der Waals surface area (Å²) in [6, 6.07) is 0. The van der Waals surface area contributed by atoms with Crippen molar-refractivity contribution in [1.82, 2.24) is 0 Å². The van der Waals surface area contributed by atoms with Gasteiger partial charge in [0.1, 0.15) is 11.0 Å². The molecule has 0 amide bonds. The van der Waals surface area contributed by atoms with Crippen LogP contribution in [-0.4, -0.2) is 22.5 Å². The van der Waals surface area contributed by atoms with Gasteiger partial charge in [-0.3, -0.25) is 0 Å².